The van der Waals surface area contributed by atoms with Crippen molar-refractivity contribution in [3.8, 4) is 12.3 Å². The lowest BCUT2D eigenvalue weighted by molar-refractivity contribution is 0.506. The predicted molar refractivity (Wildman–Crippen MR) is 79.6 cm³/mol. The van der Waals surface area contributed by atoms with E-state index in [2.05, 4.69) is 56.3 Å². The van der Waals surface area contributed by atoms with Crippen molar-refractivity contribution in [2.75, 3.05) is 7.05 Å². The highest BCUT2D eigenvalue weighted by Gasteiger charge is 2.21. The maximum absolute atomic E-state index is 5.32. The number of hydrogen-bond acceptors (Lipinski definition) is 1. The minimum absolute atomic E-state index is 0.178. The Bertz CT molecular complexity index is 406. The van der Waals surface area contributed by atoms with Crippen LogP contribution in [-0.2, 0) is 5.41 Å². The molecule has 0 aliphatic rings. The van der Waals surface area contributed by atoms with Gasteiger partial charge in [0.05, 0.1) is 0 Å². The summed E-state index contributed by atoms with van der Waals surface area (Å²) in [5, 5.41) is 3.42. The predicted octanol–water partition coefficient (Wildman–Crippen LogP) is 4.05. The summed E-state index contributed by atoms with van der Waals surface area (Å²) >= 11 is 0. The Kier molecular flexibility index (Phi) is 5.44. The van der Waals surface area contributed by atoms with Gasteiger partial charge in [0.2, 0.25) is 0 Å². The van der Waals surface area contributed by atoms with Crippen molar-refractivity contribution in [3.63, 3.8) is 0 Å². The Morgan fingerprint density at radius 2 is 1.94 bits per heavy atom. The van der Waals surface area contributed by atoms with E-state index in [1.807, 2.05) is 7.05 Å². The lowest BCUT2D eigenvalue weighted by Gasteiger charge is -2.27. The zero-order valence-electron chi connectivity index (χ0n) is 12.1. The van der Waals surface area contributed by atoms with E-state index in [1.165, 1.54) is 11.1 Å². The molecule has 1 heteroatoms. The Morgan fingerprint density at radius 3 is 2.50 bits per heavy atom. The molecular formula is C17H25N. The molecule has 18 heavy (non-hydrogen) atoms. The number of hydrogen-bond donors (Lipinski definition) is 1. The Balaban J connectivity index is 2.95. The number of terminal acetylenes is 1. The largest absolute Gasteiger partial charge is 0.313 e. The topological polar surface area (TPSA) is 12.0 Å². The molecule has 0 fully saturated rings. The summed E-state index contributed by atoms with van der Waals surface area (Å²) in [4.78, 5) is 0. The van der Waals surface area contributed by atoms with Gasteiger partial charge in [-0.25, -0.2) is 0 Å². The third kappa shape index (κ3) is 3.89. The number of unbranched alkanes of at least 4 members (excludes halogenated alkanes) is 1. The summed E-state index contributed by atoms with van der Waals surface area (Å²) in [5.74, 6) is 2.72. The highest BCUT2D eigenvalue weighted by atomic mass is 14.9. The van der Waals surface area contributed by atoms with Gasteiger partial charge in [-0.2, -0.15) is 0 Å². The molecule has 1 N–H and O–H groups in total. The van der Waals surface area contributed by atoms with Crippen molar-refractivity contribution < 1.29 is 0 Å². The summed E-state index contributed by atoms with van der Waals surface area (Å²) < 4.78 is 0. The van der Waals surface area contributed by atoms with E-state index in [0.29, 0.717) is 6.04 Å². The van der Waals surface area contributed by atoms with Crippen molar-refractivity contribution in [1.29, 1.82) is 0 Å². The van der Waals surface area contributed by atoms with Gasteiger partial charge in [0.1, 0.15) is 0 Å². The molecule has 0 heterocycles. The van der Waals surface area contributed by atoms with E-state index in [-0.39, 0.29) is 5.41 Å². The van der Waals surface area contributed by atoms with Gasteiger partial charge in [0.25, 0.3) is 0 Å². The second-order valence-electron chi connectivity index (χ2n) is 5.77. The second-order valence-corrected chi connectivity index (χ2v) is 5.77. The Hall–Kier alpha value is -1.26. The Labute approximate surface area is 112 Å². The van der Waals surface area contributed by atoms with Gasteiger partial charge >= 0.3 is 0 Å². The minimum Gasteiger partial charge on any atom is -0.313 e. The van der Waals surface area contributed by atoms with E-state index in [4.69, 9.17) is 6.42 Å². The monoisotopic (exact) mass is 243 g/mol. The molecule has 0 amide bonds. The van der Waals surface area contributed by atoms with Gasteiger partial charge in [-0.3, -0.25) is 0 Å². The standard InChI is InChI=1S/C17H25N/c1-6-7-8-13-16(18-5)14-11-9-10-12-15(14)17(2,3)4/h1,9-12,16,18H,7-8,13H2,2-5H3. The SMILES string of the molecule is C#CCCCC(NC)c1ccccc1C(C)(C)C. The van der Waals surface area contributed by atoms with Gasteiger partial charge in [0, 0.05) is 12.5 Å². The average molecular weight is 243 g/mol. The lowest BCUT2D eigenvalue weighted by Crippen LogP contribution is -2.22. The molecule has 1 aromatic carbocycles. The summed E-state index contributed by atoms with van der Waals surface area (Å²) in [7, 11) is 2.03. The van der Waals surface area contributed by atoms with Crippen LogP contribution in [0.1, 0.15) is 57.2 Å². The molecule has 0 bridgehead atoms. The first kappa shape index (κ1) is 14.8. The molecule has 0 aliphatic heterocycles. The van der Waals surface area contributed by atoms with Crippen LogP contribution in [0.25, 0.3) is 0 Å². The van der Waals surface area contributed by atoms with Crippen LogP contribution in [0.4, 0.5) is 0 Å². The first-order chi connectivity index (χ1) is 8.50. The summed E-state index contributed by atoms with van der Waals surface area (Å²) in [6.45, 7) is 6.79. The van der Waals surface area contributed by atoms with E-state index in [0.717, 1.165) is 19.3 Å². The van der Waals surface area contributed by atoms with Crippen LogP contribution in [0.2, 0.25) is 0 Å². The summed E-state index contributed by atoms with van der Waals surface area (Å²) in [6.07, 6.45) is 8.34. The van der Waals surface area contributed by atoms with Crippen LogP contribution in [0, 0.1) is 12.3 Å². The van der Waals surface area contributed by atoms with Crippen LogP contribution >= 0.6 is 0 Å². The molecule has 0 saturated carbocycles. The van der Waals surface area contributed by atoms with Gasteiger partial charge in [-0.15, -0.1) is 12.3 Å². The zero-order chi connectivity index (χ0) is 13.6. The third-order valence-corrected chi connectivity index (χ3v) is 3.31. The molecule has 1 atom stereocenters. The highest BCUT2D eigenvalue weighted by molar-refractivity contribution is 5.35. The summed E-state index contributed by atoms with van der Waals surface area (Å²) in [6, 6.07) is 9.11. The fourth-order valence-corrected chi connectivity index (χ4v) is 2.35. The maximum Gasteiger partial charge on any atom is 0.0320 e. The van der Waals surface area contributed by atoms with Gasteiger partial charge in [-0.1, -0.05) is 45.0 Å². The quantitative estimate of drug-likeness (QED) is 0.608. The van der Waals surface area contributed by atoms with Crippen LogP contribution in [0.5, 0.6) is 0 Å². The summed E-state index contributed by atoms with van der Waals surface area (Å²) in [5.41, 5.74) is 3.01. The van der Waals surface area contributed by atoms with Crippen LogP contribution in [0.3, 0.4) is 0 Å². The first-order valence-electron chi connectivity index (χ1n) is 6.71. The van der Waals surface area contributed by atoms with Gasteiger partial charge in [0.15, 0.2) is 0 Å². The van der Waals surface area contributed by atoms with Gasteiger partial charge < -0.3 is 5.32 Å². The van der Waals surface area contributed by atoms with Gasteiger partial charge in [-0.05, 0) is 36.4 Å². The molecule has 98 valence electrons. The fourth-order valence-electron chi connectivity index (χ4n) is 2.35. The first-order valence-corrected chi connectivity index (χ1v) is 6.71. The molecule has 0 radical (unpaired) electrons. The Morgan fingerprint density at radius 1 is 1.28 bits per heavy atom. The molecular weight excluding hydrogens is 218 g/mol. The molecule has 0 aromatic heterocycles. The molecule has 0 aliphatic carbocycles. The third-order valence-electron chi connectivity index (χ3n) is 3.31. The molecule has 1 rings (SSSR count). The smallest absolute Gasteiger partial charge is 0.0320 e. The zero-order valence-corrected chi connectivity index (χ0v) is 12.1. The van der Waals surface area contributed by atoms with Crippen molar-refractivity contribution in [2.45, 2.75) is 51.5 Å². The molecule has 0 spiro atoms. The van der Waals surface area contributed by atoms with E-state index in [1.54, 1.807) is 0 Å². The average Bonchev–Trinajstić information content (AvgIpc) is 2.34. The lowest BCUT2D eigenvalue weighted by atomic mass is 9.81. The van der Waals surface area contributed by atoms with Crippen molar-refractivity contribution in [1.82, 2.24) is 5.32 Å². The molecule has 1 nitrogen and oxygen atoms in total. The minimum atomic E-state index is 0.178. The molecule has 0 saturated heterocycles. The van der Waals surface area contributed by atoms with Crippen molar-refractivity contribution in [3.05, 3.63) is 35.4 Å². The maximum atomic E-state index is 5.32. The molecule has 1 unspecified atom stereocenters. The van der Waals surface area contributed by atoms with E-state index < -0.39 is 0 Å². The number of nitrogens with one attached hydrogen (secondary N) is 1. The fraction of sp³-hybridized carbons (Fsp3) is 0.529. The normalized spacial score (nSPS) is 13.1. The molecule has 1 aromatic rings. The van der Waals surface area contributed by atoms with E-state index >= 15 is 0 Å². The number of rotatable bonds is 5. The van der Waals surface area contributed by atoms with Crippen LogP contribution in [-0.4, -0.2) is 7.05 Å². The van der Waals surface area contributed by atoms with Crippen LogP contribution in [0.15, 0.2) is 24.3 Å². The number of benzene rings is 1. The van der Waals surface area contributed by atoms with Crippen LogP contribution < -0.4 is 5.32 Å². The van der Waals surface area contributed by atoms with Crippen molar-refractivity contribution in [2.24, 2.45) is 0 Å². The second kappa shape index (κ2) is 6.61. The van der Waals surface area contributed by atoms with E-state index in [9.17, 15) is 0 Å². The highest BCUT2D eigenvalue weighted by Crippen LogP contribution is 2.31. The van der Waals surface area contributed by atoms with Crippen molar-refractivity contribution >= 4 is 0 Å².